The van der Waals surface area contributed by atoms with Gasteiger partial charge in [-0.15, -0.1) is 0 Å². The minimum atomic E-state index is -1.02. The fraction of sp³-hybridized carbons (Fsp3) is 0.133. The third-order valence-corrected chi connectivity index (χ3v) is 5.25. The van der Waals surface area contributed by atoms with Crippen LogP contribution in [0, 0.1) is 11.6 Å². The molecule has 12 heteroatoms. The van der Waals surface area contributed by atoms with E-state index in [2.05, 4.69) is 36.3 Å². The number of hydrogen-bond donors (Lipinski definition) is 1. The van der Waals surface area contributed by atoms with Gasteiger partial charge in [-0.3, -0.25) is 14.2 Å². The number of fused-ring (bicyclic) bond motifs is 2. The third-order valence-electron chi connectivity index (χ3n) is 3.76. The number of aryl methyl sites for hydroxylation is 1. The second-order valence-electron chi connectivity index (χ2n) is 5.59. The molecule has 1 N–H and O–H groups in total. The Hall–Kier alpha value is -2.73. The van der Waals surface area contributed by atoms with E-state index < -0.39 is 23.1 Å². The van der Waals surface area contributed by atoms with Crippen LogP contribution in [0.15, 0.2) is 27.9 Å². The summed E-state index contributed by atoms with van der Waals surface area (Å²) >= 11 is 4.20. The number of anilines is 1. The topological polar surface area (TPSA) is 94.7 Å². The summed E-state index contributed by atoms with van der Waals surface area (Å²) in [5.41, 5.74) is 0.191. The van der Waals surface area contributed by atoms with Crippen molar-refractivity contribution in [3.63, 3.8) is 0 Å². The predicted octanol–water partition coefficient (Wildman–Crippen LogP) is 2.42. The van der Waals surface area contributed by atoms with Crippen LogP contribution in [0.2, 0.25) is 0 Å². The number of carbonyl (C=O) groups excluding carboxylic acids is 1. The first-order chi connectivity index (χ1) is 12.8. The minimum Gasteiger partial charge on any atom is -0.300 e. The molecule has 0 saturated heterocycles. The third kappa shape index (κ3) is 3.10. The standard InChI is InChI=1S/C15H9BrF2N6O2S/c1-23-13-11(12(16)22-23)14(26)24(5-19-13)4-10(25)21-15-20-8-2-6(17)7(18)3-9(8)27-15/h2-3,5H,4H2,1H3,(H,20,21,25). The Bertz CT molecular complexity index is 1240. The number of nitrogens with zero attached hydrogens (tertiary/aromatic N) is 5. The lowest BCUT2D eigenvalue weighted by Gasteiger charge is -2.05. The maximum absolute atomic E-state index is 13.3. The number of benzene rings is 1. The van der Waals surface area contributed by atoms with Crippen molar-refractivity contribution in [1.29, 1.82) is 0 Å². The average Bonchev–Trinajstić information content (AvgIpc) is 3.10. The van der Waals surface area contributed by atoms with Crippen molar-refractivity contribution in [3.8, 4) is 0 Å². The fourth-order valence-corrected chi connectivity index (χ4v) is 4.01. The van der Waals surface area contributed by atoms with Crippen LogP contribution in [0.1, 0.15) is 0 Å². The monoisotopic (exact) mass is 454 g/mol. The van der Waals surface area contributed by atoms with Crippen LogP contribution in [0.5, 0.6) is 0 Å². The van der Waals surface area contributed by atoms with E-state index in [0.29, 0.717) is 15.0 Å². The van der Waals surface area contributed by atoms with E-state index >= 15 is 0 Å². The highest BCUT2D eigenvalue weighted by molar-refractivity contribution is 9.10. The second kappa shape index (κ2) is 6.46. The number of rotatable bonds is 3. The summed E-state index contributed by atoms with van der Waals surface area (Å²) in [6, 6.07) is 1.97. The van der Waals surface area contributed by atoms with E-state index in [1.165, 1.54) is 11.0 Å². The summed E-state index contributed by atoms with van der Waals surface area (Å²) < 4.78 is 29.8. The Morgan fingerprint density at radius 2 is 2.07 bits per heavy atom. The average molecular weight is 455 g/mol. The quantitative estimate of drug-likeness (QED) is 0.512. The van der Waals surface area contributed by atoms with Crippen molar-refractivity contribution in [2.24, 2.45) is 7.05 Å². The van der Waals surface area contributed by atoms with Gasteiger partial charge in [0.2, 0.25) is 5.91 Å². The highest BCUT2D eigenvalue weighted by atomic mass is 79.9. The lowest BCUT2D eigenvalue weighted by atomic mass is 10.3. The molecule has 3 aromatic heterocycles. The van der Waals surface area contributed by atoms with Gasteiger partial charge in [0, 0.05) is 13.1 Å². The summed E-state index contributed by atoms with van der Waals surface area (Å²) in [4.78, 5) is 33.0. The number of hydrogen-bond acceptors (Lipinski definition) is 6. The van der Waals surface area contributed by atoms with Crippen molar-refractivity contribution in [3.05, 3.63) is 45.1 Å². The van der Waals surface area contributed by atoms with E-state index in [1.54, 1.807) is 7.05 Å². The first-order valence-electron chi connectivity index (χ1n) is 7.46. The van der Waals surface area contributed by atoms with E-state index in [4.69, 9.17) is 0 Å². The van der Waals surface area contributed by atoms with E-state index in [1.807, 2.05) is 0 Å². The molecule has 0 radical (unpaired) electrons. The Morgan fingerprint density at radius 1 is 1.33 bits per heavy atom. The molecule has 0 aliphatic rings. The van der Waals surface area contributed by atoms with E-state index in [9.17, 15) is 18.4 Å². The minimum absolute atomic E-state index is 0.171. The van der Waals surface area contributed by atoms with Crippen LogP contribution in [-0.2, 0) is 18.4 Å². The zero-order valence-electron chi connectivity index (χ0n) is 13.5. The number of nitrogens with one attached hydrogen (secondary N) is 1. The maximum Gasteiger partial charge on any atom is 0.266 e. The van der Waals surface area contributed by atoms with Crippen molar-refractivity contribution in [2.45, 2.75) is 6.54 Å². The van der Waals surface area contributed by atoms with Gasteiger partial charge in [-0.05, 0) is 22.0 Å². The van der Waals surface area contributed by atoms with Gasteiger partial charge >= 0.3 is 0 Å². The van der Waals surface area contributed by atoms with Crippen LogP contribution >= 0.6 is 27.3 Å². The Kier molecular flexibility index (Phi) is 4.23. The smallest absolute Gasteiger partial charge is 0.266 e. The Balaban J connectivity index is 1.59. The number of amides is 1. The molecule has 8 nitrogen and oxygen atoms in total. The normalized spacial score (nSPS) is 11.4. The predicted molar refractivity (Wildman–Crippen MR) is 98.6 cm³/mol. The molecule has 0 fully saturated rings. The molecule has 1 aromatic carbocycles. The van der Waals surface area contributed by atoms with Crippen molar-refractivity contribution >= 4 is 59.6 Å². The number of aromatic nitrogens is 5. The molecule has 0 atom stereocenters. The molecule has 4 rings (SSSR count). The molecule has 0 unspecified atom stereocenters. The summed E-state index contributed by atoms with van der Waals surface area (Å²) in [7, 11) is 1.65. The molecule has 27 heavy (non-hydrogen) atoms. The van der Waals surface area contributed by atoms with Crippen LogP contribution in [0.25, 0.3) is 21.3 Å². The van der Waals surface area contributed by atoms with Gasteiger partial charge in [-0.25, -0.2) is 23.4 Å². The van der Waals surface area contributed by atoms with Crippen molar-refractivity contribution < 1.29 is 13.6 Å². The van der Waals surface area contributed by atoms with Crippen LogP contribution in [0.4, 0.5) is 13.9 Å². The zero-order chi connectivity index (χ0) is 19.3. The molecule has 138 valence electrons. The van der Waals surface area contributed by atoms with Gasteiger partial charge in [0.05, 0.1) is 10.2 Å². The van der Waals surface area contributed by atoms with Gasteiger partial charge < -0.3 is 5.32 Å². The molecule has 0 spiro atoms. The highest BCUT2D eigenvalue weighted by Crippen LogP contribution is 2.27. The summed E-state index contributed by atoms with van der Waals surface area (Å²) in [6.07, 6.45) is 1.25. The lowest BCUT2D eigenvalue weighted by molar-refractivity contribution is -0.116. The van der Waals surface area contributed by atoms with E-state index in [-0.39, 0.29) is 22.6 Å². The van der Waals surface area contributed by atoms with Gasteiger partial charge in [-0.1, -0.05) is 11.3 Å². The molecule has 0 bridgehead atoms. The van der Waals surface area contributed by atoms with Gasteiger partial charge in [0.15, 0.2) is 22.4 Å². The molecule has 4 aromatic rings. The van der Waals surface area contributed by atoms with Crippen molar-refractivity contribution in [1.82, 2.24) is 24.3 Å². The fourth-order valence-electron chi connectivity index (χ4n) is 2.54. The van der Waals surface area contributed by atoms with Gasteiger partial charge in [0.1, 0.15) is 22.9 Å². The number of carbonyl (C=O) groups is 1. The maximum atomic E-state index is 13.3. The Labute approximate surface area is 161 Å². The van der Waals surface area contributed by atoms with Gasteiger partial charge in [-0.2, -0.15) is 5.10 Å². The Morgan fingerprint density at radius 3 is 2.85 bits per heavy atom. The van der Waals surface area contributed by atoms with Crippen LogP contribution < -0.4 is 10.9 Å². The number of thiazole rings is 1. The van der Waals surface area contributed by atoms with E-state index in [0.717, 1.165) is 28.0 Å². The first-order valence-corrected chi connectivity index (χ1v) is 9.07. The number of halogens is 3. The van der Waals surface area contributed by atoms with Crippen LogP contribution in [0.3, 0.4) is 0 Å². The molecule has 3 heterocycles. The van der Waals surface area contributed by atoms with Crippen molar-refractivity contribution in [2.75, 3.05) is 5.32 Å². The molecule has 0 aliphatic carbocycles. The van der Waals surface area contributed by atoms with Crippen LogP contribution in [-0.4, -0.2) is 30.2 Å². The zero-order valence-corrected chi connectivity index (χ0v) is 15.9. The first kappa shape index (κ1) is 17.7. The SMILES string of the molecule is Cn1nc(Br)c2c(=O)n(CC(=O)Nc3nc4cc(F)c(F)cc4s3)cnc21. The second-order valence-corrected chi connectivity index (χ2v) is 7.37. The summed E-state index contributed by atoms with van der Waals surface area (Å²) in [5, 5.41) is 7.02. The van der Waals surface area contributed by atoms with Gasteiger partial charge in [0.25, 0.3) is 5.56 Å². The molecule has 0 saturated carbocycles. The molecule has 0 aliphatic heterocycles. The summed E-state index contributed by atoms with van der Waals surface area (Å²) in [6.45, 7) is -0.304. The largest absolute Gasteiger partial charge is 0.300 e. The molecular weight excluding hydrogens is 446 g/mol. The molecular formula is C15H9BrF2N6O2S. The summed E-state index contributed by atoms with van der Waals surface area (Å²) in [5.74, 6) is -2.53. The molecule has 1 amide bonds. The lowest BCUT2D eigenvalue weighted by Crippen LogP contribution is -2.27. The highest BCUT2D eigenvalue weighted by Gasteiger charge is 2.16.